The Labute approximate surface area is 127 Å². The zero-order chi connectivity index (χ0) is 15.2. The molecule has 2 aromatic rings. The Kier molecular flexibility index (Phi) is 5.00. The summed E-state index contributed by atoms with van der Waals surface area (Å²) in [5.74, 6) is -0.0913. The lowest BCUT2D eigenvalue weighted by Gasteiger charge is -2.06. The molecule has 0 amide bonds. The van der Waals surface area contributed by atoms with Crippen LogP contribution >= 0.6 is 11.8 Å². The van der Waals surface area contributed by atoms with Gasteiger partial charge in [-0.3, -0.25) is 5.41 Å². The predicted octanol–water partition coefficient (Wildman–Crippen LogP) is 3.02. The summed E-state index contributed by atoms with van der Waals surface area (Å²) in [5.41, 5.74) is 6.71. The van der Waals surface area contributed by atoms with Crippen molar-refractivity contribution >= 4 is 39.7 Å². The predicted molar refractivity (Wildman–Crippen MR) is 88.3 cm³/mol. The number of rotatable bonds is 4. The normalized spacial score (nSPS) is 11.4. The van der Waals surface area contributed by atoms with Gasteiger partial charge in [0.25, 0.3) is 0 Å². The molecule has 0 saturated heterocycles. The van der Waals surface area contributed by atoms with E-state index in [0.717, 1.165) is 28.1 Å². The van der Waals surface area contributed by atoms with Crippen LogP contribution in [0.15, 0.2) is 48.0 Å². The molecule has 0 bridgehead atoms. The van der Waals surface area contributed by atoms with Crippen molar-refractivity contribution in [2.45, 2.75) is 0 Å². The highest BCUT2D eigenvalue weighted by atomic mass is 32.2. The Bertz CT molecular complexity index is 710. The molecule has 0 aliphatic rings. The number of methoxy groups -OCH3 is 1. The molecular weight excluding hydrogens is 284 g/mol. The molecule has 0 aromatic heterocycles. The highest BCUT2D eigenvalue weighted by molar-refractivity contribution is 8.13. The molecule has 3 N–H and O–H groups in total. The number of nitrogens with two attached hydrogens (primary N) is 1. The Morgan fingerprint density at radius 1 is 1.29 bits per heavy atom. The molecular formula is C16H16N2O2S. The maximum Gasteiger partial charge on any atom is 0.334 e. The first kappa shape index (κ1) is 15.1. The molecule has 0 fully saturated rings. The number of amidine groups is 1. The van der Waals surface area contributed by atoms with Crippen molar-refractivity contribution in [1.82, 2.24) is 0 Å². The maximum absolute atomic E-state index is 11.8. The Balaban J connectivity index is 2.33. The number of fused-ring (bicyclic) bond motifs is 1. The molecule has 0 aliphatic heterocycles. The number of benzene rings is 2. The molecule has 0 aliphatic carbocycles. The molecule has 2 rings (SSSR count). The SMILES string of the molecule is COC(=O)/C(=C/c1ccc2ccccc2c1)CSC(=N)N. The molecule has 0 saturated carbocycles. The van der Waals surface area contributed by atoms with E-state index in [-0.39, 0.29) is 5.17 Å². The number of hydrogen-bond acceptors (Lipinski definition) is 4. The quantitative estimate of drug-likeness (QED) is 0.394. The lowest BCUT2D eigenvalue weighted by Crippen LogP contribution is -2.11. The van der Waals surface area contributed by atoms with E-state index in [1.807, 2.05) is 42.5 Å². The van der Waals surface area contributed by atoms with Gasteiger partial charge in [-0.2, -0.15) is 0 Å². The van der Waals surface area contributed by atoms with Crippen LogP contribution in [-0.4, -0.2) is 24.0 Å². The fourth-order valence-corrected chi connectivity index (χ4v) is 2.46. The van der Waals surface area contributed by atoms with Gasteiger partial charge in [-0.05, 0) is 28.5 Å². The van der Waals surface area contributed by atoms with Gasteiger partial charge < -0.3 is 10.5 Å². The van der Waals surface area contributed by atoms with E-state index >= 15 is 0 Å². The van der Waals surface area contributed by atoms with Crippen molar-refractivity contribution in [3.05, 3.63) is 53.6 Å². The minimum Gasteiger partial charge on any atom is -0.466 e. The van der Waals surface area contributed by atoms with Crippen molar-refractivity contribution in [2.75, 3.05) is 12.9 Å². The summed E-state index contributed by atoms with van der Waals surface area (Å²) < 4.78 is 4.77. The van der Waals surface area contributed by atoms with Gasteiger partial charge in [-0.1, -0.05) is 48.2 Å². The minimum atomic E-state index is -0.406. The zero-order valence-corrected chi connectivity index (χ0v) is 12.4. The first-order valence-electron chi connectivity index (χ1n) is 6.34. The highest BCUT2D eigenvalue weighted by Crippen LogP contribution is 2.19. The largest absolute Gasteiger partial charge is 0.466 e. The van der Waals surface area contributed by atoms with Gasteiger partial charge in [-0.25, -0.2) is 4.79 Å². The van der Waals surface area contributed by atoms with Crippen molar-refractivity contribution in [1.29, 1.82) is 5.41 Å². The molecule has 0 spiro atoms. The zero-order valence-electron chi connectivity index (χ0n) is 11.6. The van der Waals surface area contributed by atoms with E-state index in [2.05, 4.69) is 0 Å². The second-order valence-electron chi connectivity index (χ2n) is 4.42. The summed E-state index contributed by atoms with van der Waals surface area (Å²) in [6.07, 6.45) is 1.77. The standard InChI is InChI=1S/C16H16N2O2S/c1-20-15(19)14(10-21-16(17)18)9-11-6-7-12-4-2-3-5-13(12)8-11/h2-9H,10H2,1H3,(H3,17,18)/b14-9+. The third-order valence-corrected chi connectivity index (χ3v) is 3.71. The van der Waals surface area contributed by atoms with Crippen LogP contribution in [0.3, 0.4) is 0 Å². The van der Waals surface area contributed by atoms with Crippen molar-refractivity contribution in [2.24, 2.45) is 5.73 Å². The van der Waals surface area contributed by atoms with E-state index in [9.17, 15) is 4.79 Å². The van der Waals surface area contributed by atoms with Crippen LogP contribution in [0.1, 0.15) is 5.56 Å². The average molecular weight is 300 g/mol. The third-order valence-electron chi connectivity index (χ3n) is 2.95. The number of carbonyl (C=O) groups excluding carboxylic acids is 1. The van der Waals surface area contributed by atoms with Crippen molar-refractivity contribution in [3.63, 3.8) is 0 Å². The van der Waals surface area contributed by atoms with Crippen LogP contribution in [0.2, 0.25) is 0 Å². The van der Waals surface area contributed by atoms with E-state index in [0.29, 0.717) is 11.3 Å². The Hall–Kier alpha value is -2.27. The lowest BCUT2D eigenvalue weighted by molar-refractivity contribution is -0.135. The minimum absolute atomic E-state index is 0.0247. The maximum atomic E-state index is 11.8. The van der Waals surface area contributed by atoms with Crippen molar-refractivity contribution < 1.29 is 9.53 Å². The highest BCUT2D eigenvalue weighted by Gasteiger charge is 2.10. The molecule has 4 nitrogen and oxygen atoms in total. The summed E-state index contributed by atoms with van der Waals surface area (Å²) in [5, 5.41) is 9.46. The van der Waals surface area contributed by atoms with Gasteiger partial charge in [0.05, 0.1) is 7.11 Å². The van der Waals surface area contributed by atoms with Crippen LogP contribution in [0.25, 0.3) is 16.8 Å². The summed E-state index contributed by atoms with van der Waals surface area (Å²) in [7, 11) is 1.34. The summed E-state index contributed by atoms with van der Waals surface area (Å²) in [6, 6.07) is 14.0. The summed E-state index contributed by atoms with van der Waals surface area (Å²) in [4.78, 5) is 11.8. The van der Waals surface area contributed by atoms with Gasteiger partial charge in [-0.15, -0.1) is 0 Å². The smallest absolute Gasteiger partial charge is 0.334 e. The second kappa shape index (κ2) is 6.95. The van der Waals surface area contributed by atoms with Crippen LogP contribution in [0.5, 0.6) is 0 Å². The van der Waals surface area contributed by atoms with Gasteiger partial charge in [0, 0.05) is 11.3 Å². The molecule has 2 aromatic carbocycles. The van der Waals surface area contributed by atoms with E-state index in [4.69, 9.17) is 15.9 Å². The molecule has 108 valence electrons. The van der Waals surface area contributed by atoms with E-state index in [1.54, 1.807) is 6.08 Å². The van der Waals surface area contributed by atoms with Crippen LogP contribution in [-0.2, 0) is 9.53 Å². The molecule has 5 heteroatoms. The van der Waals surface area contributed by atoms with E-state index < -0.39 is 5.97 Å². The fourth-order valence-electron chi connectivity index (χ4n) is 1.94. The molecule has 0 atom stereocenters. The first-order chi connectivity index (χ1) is 10.1. The fraction of sp³-hybridized carbons (Fsp3) is 0.125. The van der Waals surface area contributed by atoms with E-state index in [1.165, 1.54) is 7.11 Å². The molecule has 21 heavy (non-hydrogen) atoms. The third kappa shape index (κ3) is 4.10. The number of hydrogen-bond donors (Lipinski definition) is 2. The average Bonchev–Trinajstić information content (AvgIpc) is 2.50. The topological polar surface area (TPSA) is 76.2 Å². The molecule has 0 radical (unpaired) electrons. The first-order valence-corrected chi connectivity index (χ1v) is 7.33. The van der Waals surface area contributed by atoms with Crippen LogP contribution in [0.4, 0.5) is 0 Å². The summed E-state index contributed by atoms with van der Waals surface area (Å²) in [6.45, 7) is 0. The van der Waals surface area contributed by atoms with Gasteiger partial charge in [0.2, 0.25) is 0 Å². The van der Waals surface area contributed by atoms with Gasteiger partial charge in [0.1, 0.15) is 0 Å². The number of carbonyl (C=O) groups is 1. The van der Waals surface area contributed by atoms with Crippen LogP contribution < -0.4 is 5.73 Å². The molecule has 0 heterocycles. The number of esters is 1. The van der Waals surface area contributed by atoms with Gasteiger partial charge >= 0.3 is 5.97 Å². The monoisotopic (exact) mass is 300 g/mol. The lowest BCUT2D eigenvalue weighted by atomic mass is 10.1. The number of nitrogens with one attached hydrogen (secondary N) is 1. The Morgan fingerprint density at radius 2 is 2.00 bits per heavy atom. The van der Waals surface area contributed by atoms with Gasteiger partial charge in [0.15, 0.2) is 5.17 Å². The molecule has 0 unspecified atom stereocenters. The second-order valence-corrected chi connectivity index (χ2v) is 5.44. The number of thioether (sulfide) groups is 1. The van der Waals surface area contributed by atoms with Crippen LogP contribution in [0, 0.1) is 5.41 Å². The Morgan fingerprint density at radius 3 is 2.67 bits per heavy atom. The summed E-state index contributed by atoms with van der Waals surface area (Å²) >= 11 is 1.10. The van der Waals surface area contributed by atoms with Crippen molar-refractivity contribution in [3.8, 4) is 0 Å². The number of ether oxygens (including phenoxy) is 1.